The van der Waals surface area contributed by atoms with E-state index in [1.165, 1.54) is 0 Å². The molecule has 0 atom stereocenters. The molecule has 4 rings (SSSR count). The quantitative estimate of drug-likeness (QED) is 0.411. The van der Waals surface area contributed by atoms with Crippen molar-refractivity contribution in [1.82, 2.24) is 24.7 Å². The Balaban J connectivity index is 1.60. The van der Waals surface area contributed by atoms with Crippen LogP contribution in [0, 0.1) is 13.8 Å². The van der Waals surface area contributed by atoms with Gasteiger partial charge in [0.2, 0.25) is 11.8 Å². The van der Waals surface area contributed by atoms with Crippen molar-refractivity contribution < 1.29 is 14.2 Å². The predicted octanol–water partition coefficient (Wildman–Crippen LogP) is 4.19. The third-order valence-corrected chi connectivity index (χ3v) is 5.08. The molecule has 0 aliphatic rings. The number of pyridine rings is 1. The Hall–Kier alpha value is -4.34. The molecule has 33 heavy (non-hydrogen) atoms. The topological polar surface area (TPSA) is 108 Å². The predicted molar refractivity (Wildman–Crippen MR) is 126 cm³/mol. The van der Waals surface area contributed by atoms with Crippen molar-refractivity contribution in [2.75, 3.05) is 32.0 Å². The molecule has 170 valence electrons. The van der Waals surface area contributed by atoms with Gasteiger partial charge < -0.3 is 24.8 Å². The summed E-state index contributed by atoms with van der Waals surface area (Å²) in [7, 11) is 4.77. The van der Waals surface area contributed by atoms with E-state index in [0.717, 1.165) is 28.5 Å². The first-order valence-electron chi connectivity index (χ1n) is 10.2. The van der Waals surface area contributed by atoms with Crippen LogP contribution in [0.5, 0.6) is 17.4 Å². The molecule has 0 fully saturated rings. The van der Waals surface area contributed by atoms with Gasteiger partial charge in [-0.25, -0.2) is 14.6 Å². The molecule has 0 saturated carbocycles. The van der Waals surface area contributed by atoms with Crippen LogP contribution in [0.3, 0.4) is 0 Å². The van der Waals surface area contributed by atoms with Crippen molar-refractivity contribution in [3.05, 3.63) is 60.0 Å². The van der Waals surface area contributed by atoms with E-state index < -0.39 is 0 Å². The summed E-state index contributed by atoms with van der Waals surface area (Å²) in [6.45, 7) is 3.96. The summed E-state index contributed by atoms with van der Waals surface area (Å²) in [5.41, 5.74) is 3.46. The van der Waals surface area contributed by atoms with Crippen LogP contribution in [-0.4, -0.2) is 46.1 Å². The minimum absolute atomic E-state index is 0.429. The van der Waals surface area contributed by atoms with E-state index in [2.05, 4.69) is 30.7 Å². The number of aryl methyl sites for hydroxylation is 1. The van der Waals surface area contributed by atoms with E-state index in [9.17, 15) is 0 Å². The van der Waals surface area contributed by atoms with Crippen molar-refractivity contribution in [3.63, 3.8) is 0 Å². The van der Waals surface area contributed by atoms with E-state index in [1.54, 1.807) is 50.5 Å². The van der Waals surface area contributed by atoms with Gasteiger partial charge in [-0.1, -0.05) is 0 Å². The molecule has 0 bridgehead atoms. The fourth-order valence-electron chi connectivity index (χ4n) is 3.21. The number of ether oxygens (including phenoxy) is 3. The van der Waals surface area contributed by atoms with Gasteiger partial charge in [-0.3, -0.25) is 0 Å². The van der Waals surface area contributed by atoms with Crippen LogP contribution in [0.2, 0.25) is 0 Å². The molecule has 3 aromatic heterocycles. The minimum atomic E-state index is 0.429. The highest BCUT2D eigenvalue weighted by Crippen LogP contribution is 2.31. The lowest BCUT2D eigenvalue weighted by Crippen LogP contribution is -2.06. The molecular formula is C23H25N7O3. The molecule has 10 heteroatoms. The molecule has 0 aliphatic heterocycles. The second-order valence-electron chi connectivity index (χ2n) is 7.11. The van der Waals surface area contributed by atoms with E-state index in [1.807, 2.05) is 38.1 Å². The highest BCUT2D eigenvalue weighted by Gasteiger charge is 2.15. The molecule has 0 saturated heterocycles. The Bertz CT molecular complexity index is 1260. The Morgan fingerprint density at radius 1 is 0.848 bits per heavy atom. The highest BCUT2D eigenvalue weighted by molar-refractivity contribution is 5.63. The molecule has 10 nitrogen and oxygen atoms in total. The van der Waals surface area contributed by atoms with Gasteiger partial charge >= 0.3 is 0 Å². The van der Waals surface area contributed by atoms with Crippen LogP contribution in [0.15, 0.2) is 48.8 Å². The number of aromatic nitrogens is 5. The van der Waals surface area contributed by atoms with Crippen molar-refractivity contribution >= 4 is 23.3 Å². The van der Waals surface area contributed by atoms with Gasteiger partial charge in [0.1, 0.15) is 11.6 Å². The zero-order valence-electron chi connectivity index (χ0n) is 19.1. The zero-order valence-corrected chi connectivity index (χ0v) is 19.1. The Labute approximate surface area is 191 Å². The largest absolute Gasteiger partial charge is 0.493 e. The fraction of sp³-hybridized carbons (Fsp3) is 0.217. The standard InChI is InChI=1S/C23H25N7O3/c1-14-15(2)29-30(17-7-9-21(33-5)25-13-17)22(14)27-20-10-11-24-23(28-20)26-16-6-8-18(31-3)19(12-16)32-4/h6-13H,1-5H3,(H2,24,26,27,28). The van der Waals surface area contributed by atoms with E-state index in [-0.39, 0.29) is 0 Å². The minimum Gasteiger partial charge on any atom is -0.493 e. The van der Waals surface area contributed by atoms with Gasteiger partial charge in [-0.05, 0) is 38.1 Å². The monoisotopic (exact) mass is 447 g/mol. The number of hydrogen-bond donors (Lipinski definition) is 2. The van der Waals surface area contributed by atoms with Crippen LogP contribution < -0.4 is 24.8 Å². The van der Waals surface area contributed by atoms with Crippen molar-refractivity contribution in [3.8, 4) is 23.1 Å². The molecular weight excluding hydrogens is 422 g/mol. The summed E-state index contributed by atoms with van der Waals surface area (Å²) in [5.74, 6) is 3.62. The SMILES string of the molecule is COc1ccc(-n2nc(C)c(C)c2Nc2ccnc(Nc3ccc(OC)c(OC)c3)n2)cn1. The van der Waals surface area contributed by atoms with Gasteiger partial charge in [0.15, 0.2) is 11.5 Å². The average Bonchev–Trinajstić information content (AvgIpc) is 3.12. The Morgan fingerprint density at radius 2 is 1.67 bits per heavy atom. The number of methoxy groups -OCH3 is 3. The molecule has 0 spiro atoms. The number of nitrogens with zero attached hydrogens (tertiary/aromatic N) is 5. The molecule has 0 aliphatic carbocycles. The number of anilines is 4. The molecule has 1 aromatic carbocycles. The molecule has 2 N–H and O–H groups in total. The maximum atomic E-state index is 5.36. The van der Waals surface area contributed by atoms with Crippen LogP contribution in [0.25, 0.3) is 5.69 Å². The lowest BCUT2D eigenvalue weighted by molar-refractivity contribution is 0.355. The first-order chi connectivity index (χ1) is 16.0. The average molecular weight is 447 g/mol. The van der Waals surface area contributed by atoms with Crippen LogP contribution >= 0.6 is 0 Å². The van der Waals surface area contributed by atoms with Gasteiger partial charge in [0, 0.05) is 29.6 Å². The molecule has 3 heterocycles. The molecule has 0 unspecified atom stereocenters. The van der Waals surface area contributed by atoms with E-state index in [0.29, 0.717) is 29.1 Å². The lowest BCUT2D eigenvalue weighted by Gasteiger charge is -2.13. The smallest absolute Gasteiger partial charge is 0.229 e. The highest BCUT2D eigenvalue weighted by atomic mass is 16.5. The lowest BCUT2D eigenvalue weighted by atomic mass is 10.2. The second-order valence-corrected chi connectivity index (χ2v) is 7.11. The number of hydrogen-bond acceptors (Lipinski definition) is 9. The van der Waals surface area contributed by atoms with E-state index >= 15 is 0 Å². The first-order valence-corrected chi connectivity index (χ1v) is 10.2. The van der Waals surface area contributed by atoms with Gasteiger partial charge in [0.25, 0.3) is 0 Å². The summed E-state index contributed by atoms with van der Waals surface area (Å²) in [6, 6.07) is 11.0. The second kappa shape index (κ2) is 9.43. The zero-order chi connectivity index (χ0) is 23.4. The summed E-state index contributed by atoms with van der Waals surface area (Å²) in [5, 5.41) is 11.2. The molecule has 4 aromatic rings. The maximum absolute atomic E-state index is 5.36. The Kier molecular flexibility index (Phi) is 6.25. The number of rotatable bonds is 8. The van der Waals surface area contributed by atoms with E-state index in [4.69, 9.17) is 14.2 Å². The summed E-state index contributed by atoms with van der Waals surface area (Å²) in [4.78, 5) is 13.2. The number of benzene rings is 1. The molecule has 0 radical (unpaired) electrons. The normalized spacial score (nSPS) is 10.6. The van der Waals surface area contributed by atoms with Gasteiger partial charge in [0.05, 0.1) is 38.9 Å². The van der Waals surface area contributed by atoms with Gasteiger partial charge in [-0.2, -0.15) is 10.1 Å². The van der Waals surface area contributed by atoms with Crippen molar-refractivity contribution in [1.29, 1.82) is 0 Å². The van der Waals surface area contributed by atoms with Crippen LogP contribution in [0.4, 0.5) is 23.3 Å². The first kappa shape index (κ1) is 21.9. The summed E-state index contributed by atoms with van der Waals surface area (Å²) in [6.07, 6.45) is 3.39. The van der Waals surface area contributed by atoms with Crippen LogP contribution in [-0.2, 0) is 0 Å². The molecule has 0 amide bonds. The summed E-state index contributed by atoms with van der Waals surface area (Å²) >= 11 is 0. The maximum Gasteiger partial charge on any atom is 0.229 e. The van der Waals surface area contributed by atoms with Crippen molar-refractivity contribution in [2.45, 2.75) is 13.8 Å². The fourth-order valence-corrected chi connectivity index (χ4v) is 3.21. The number of nitrogens with one attached hydrogen (secondary N) is 2. The van der Waals surface area contributed by atoms with Crippen molar-refractivity contribution in [2.24, 2.45) is 0 Å². The van der Waals surface area contributed by atoms with Crippen LogP contribution in [0.1, 0.15) is 11.3 Å². The Morgan fingerprint density at radius 3 is 2.36 bits per heavy atom. The van der Waals surface area contributed by atoms with Gasteiger partial charge in [-0.15, -0.1) is 0 Å². The third-order valence-electron chi connectivity index (χ3n) is 5.08. The summed E-state index contributed by atoms with van der Waals surface area (Å²) < 4.78 is 17.6. The third kappa shape index (κ3) is 4.64.